The van der Waals surface area contributed by atoms with Gasteiger partial charge in [-0.2, -0.15) is 0 Å². The fourth-order valence-corrected chi connectivity index (χ4v) is 3.38. The van der Waals surface area contributed by atoms with E-state index in [9.17, 15) is 0 Å². The van der Waals surface area contributed by atoms with Crippen LogP contribution in [0.3, 0.4) is 0 Å². The Labute approximate surface area is 75.4 Å². The zero-order valence-electron chi connectivity index (χ0n) is 7.28. The summed E-state index contributed by atoms with van der Waals surface area (Å²) in [5, 5.41) is 0. The second-order valence-corrected chi connectivity index (χ2v) is 5.37. The third-order valence-corrected chi connectivity index (χ3v) is 4.25. The molecule has 0 spiro atoms. The van der Waals surface area contributed by atoms with Crippen LogP contribution in [0.2, 0.25) is 0 Å². The Balaban J connectivity index is 1.86. The van der Waals surface area contributed by atoms with E-state index in [0.717, 1.165) is 6.61 Å². The van der Waals surface area contributed by atoms with Crippen LogP contribution >= 0.6 is 0 Å². The lowest BCUT2D eigenvalue weighted by molar-refractivity contribution is 0.0643. The van der Waals surface area contributed by atoms with Crippen molar-refractivity contribution in [3.63, 3.8) is 0 Å². The van der Waals surface area contributed by atoms with Gasteiger partial charge in [-0.25, -0.2) is 0 Å². The maximum Gasteiger partial charge on any atom is 0.159 e. The highest BCUT2D eigenvalue weighted by molar-refractivity contribution is 6.35. The topological polar surface area (TPSA) is 14.2 Å². The third-order valence-electron chi connectivity index (χ3n) is 2.35. The van der Waals surface area contributed by atoms with Crippen molar-refractivity contribution in [2.24, 2.45) is 0 Å². The summed E-state index contributed by atoms with van der Waals surface area (Å²) in [6.45, 7) is 0.985. The number of hydrogen-bond donors (Lipinski definition) is 0. The van der Waals surface area contributed by atoms with Crippen molar-refractivity contribution in [1.82, 2.24) is 4.23 Å². The highest BCUT2D eigenvalue weighted by Crippen LogP contribution is 2.11. The summed E-state index contributed by atoms with van der Waals surface area (Å²) in [4.78, 5) is 0. The lowest BCUT2D eigenvalue weighted by atomic mass is 10.2. The number of nitrogens with zero attached hydrogens (tertiary/aromatic N) is 1. The van der Waals surface area contributed by atoms with Crippen molar-refractivity contribution < 1.29 is 4.74 Å². The van der Waals surface area contributed by atoms with E-state index < -0.39 is 0 Å². The van der Waals surface area contributed by atoms with E-state index in [1.165, 1.54) is 19.3 Å². The zero-order chi connectivity index (χ0) is 8.23. The van der Waals surface area contributed by atoms with Crippen LogP contribution in [-0.4, -0.2) is 26.2 Å². The SMILES string of the molecule is c1ccn([SiH2]C2CCCCO2)c1. The molecule has 1 unspecified atom stereocenters. The molecule has 0 bridgehead atoms. The molecule has 1 fully saturated rings. The smallest absolute Gasteiger partial charge is 0.159 e. The van der Waals surface area contributed by atoms with Gasteiger partial charge in [0.2, 0.25) is 0 Å². The molecule has 1 aromatic rings. The van der Waals surface area contributed by atoms with Gasteiger partial charge in [0.05, 0.1) is 5.73 Å². The van der Waals surface area contributed by atoms with E-state index in [4.69, 9.17) is 4.74 Å². The molecule has 0 aliphatic carbocycles. The maximum absolute atomic E-state index is 5.69. The van der Waals surface area contributed by atoms with Gasteiger partial charge in [0.1, 0.15) is 0 Å². The summed E-state index contributed by atoms with van der Waals surface area (Å²) in [7, 11) is -0.221. The number of hydrogen-bond acceptors (Lipinski definition) is 1. The molecular formula is C9H15NOSi. The molecule has 1 aliphatic heterocycles. The standard InChI is InChI=1S/C9H15NOSi/c1-4-8-11-9(5-1)12-10-6-2-3-7-10/h2-3,6-7,9H,1,4-5,8,12H2. The molecule has 3 heteroatoms. The van der Waals surface area contributed by atoms with E-state index in [2.05, 4.69) is 28.8 Å². The van der Waals surface area contributed by atoms with E-state index >= 15 is 0 Å². The number of ether oxygens (including phenoxy) is 1. The minimum absolute atomic E-state index is 0.221. The van der Waals surface area contributed by atoms with Crippen LogP contribution in [0.25, 0.3) is 0 Å². The molecule has 0 aromatic carbocycles. The van der Waals surface area contributed by atoms with Crippen molar-refractivity contribution in [2.75, 3.05) is 6.61 Å². The van der Waals surface area contributed by atoms with Gasteiger partial charge >= 0.3 is 0 Å². The molecule has 2 nitrogen and oxygen atoms in total. The van der Waals surface area contributed by atoms with Crippen LogP contribution in [-0.2, 0) is 4.74 Å². The van der Waals surface area contributed by atoms with E-state index in [1.54, 1.807) is 0 Å². The van der Waals surface area contributed by atoms with Gasteiger partial charge in [0.15, 0.2) is 9.68 Å². The highest BCUT2D eigenvalue weighted by atomic mass is 28.2. The minimum Gasteiger partial charge on any atom is -0.384 e. The molecule has 1 aromatic heterocycles. The first-order valence-electron chi connectivity index (χ1n) is 4.67. The molecular weight excluding hydrogens is 166 g/mol. The second-order valence-electron chi connectivity index (χ2n) is 3.37. The third kappa shape index (κ3) is 1.99. The zero-order valence-corrected chi connectivity index (χ0v) is 8.69. The summed E-state index contributed by atoms with van der Waals surface area (Å²) in [6.07, 6.45) is 8.22. The van der Waals surface area contributed by atoms with Crippen molar-refractivity contribution >= 4 is 9.68 Å². The lowest BCUT2D eigenvalue weighted by Crippen LogP contribution is -2.29. The van der Waals surface area contributed by atoms with E-state index in [-0.39, 0.29) is 9.68 Å². The molecule has 0 radical (unpaired) electrons. The first kappa shape index (κ1) is 8.07. The molecule has 2 rings (SSSR count). The largest absolute Gasteiger partial charge is 0.384 e. The first-order valence-corrected chi connectivity index (χ1v) is 6.12. The first-order chi connectivity index (χ1) is 5.95. The molecule has 1 atom stereocenters. The van der Waals surface area contributed by atoms with Gasteiger partial charge in [-0.1, -0.05) is 0 Å². The van der Waals surface area contributed by atoms with Gasteiger partial charge in [-0.05, 0) is 43.8 Å². The molecule has 2 heterocycles. The second kappa shape index (κ2) is 3.91. The van der Waals surface area contributed by atoms with Gasteiger partial charge in [-0.15, -0.1) is 0 Å². The summed E-state index contributed by atoms with van der Waals surface area (Å²) < 4.78 is 8.02. The fourth-order valence-electron chi connectivity index (χ4n) is 1.68. The average molecular weight is 181 g/mol. The Morgan fingerprint density at radius 3 is 2.75 bits per heavy atom. The summed E-state index contributed by atoms with van der Waals surface area (Å²) >= 11 is 0. The predicted molar refractivity (Wildman–Crippen MR) is 52.0 cm³/mol. The molecule has 0 N–H and O–H groups in total. The van der Waals surface area contributed by atoms with Gasteiger partial charge in [0.25, 0.3) is 0 Å². The predicted octanol–water partition coefficient (Wildman–Crippen LogP) is 0.947. The van der Waals surface area contributed by atoms with Crippen LogP contribution in [0.15, 0.2) is 24.5 Å². The number of rotatable bonds is 2. The summed E-state index contributed by atoms with van der Waals surface area (Å²) in [6, 6.07) is 4.19. The monoisotopic (exact) mass is 181 g/mol. The van der Waals surface area contributed by atoms with Crippen molar-refractivity contribution in [1.29, 1.82) is 0 Å². The molecule has 66 valence electrons. The Hall–Kier alpha value is -0.543. The number of aromatic nitrogens is 1. The van der Waals surface area contributed by atoms with E-state index in [0.29, 0.717) is 5.73 Å². The van der Waals surface area contributed by atoms with Crippen molar-refractivity contribution in [3.8, 4) is 0 Å². The Kier molecular flexibility index (Phi) is 2.63. The average Bonchev–Trinajstić information content (AvgIpc) is 2.59. The molecule has 1 aliphatic rings. The van der Waals surface area contributed by atoms with Crippen LogP contribution in [0.5, 0.6) is 0 Å². The van der Waals surface area contributed by atoms with Crippen molar-refractivity contribution in [3.05, 3.63) is 24.5 Å². The Morgan fingerprint density at radius 1 is 1.25 bits per heavy atom. The normalized spacial score (nSPS) is 25.2. The molecule has 0 saturated carbocycles. The molecule has 1 saturated heterocycles. The van der Waals surface area contributed by atoms with Crippen LogP contribution in [0.4, 0.5) is 0 Å². The van der Waals surface area contributed by atoms with Gasteiger partial charge < -0.3 is 8.97 Å². The van der Waals surface area contributed by atoms with Gasteiger partial charge in [0, 0.05) is 6.61 Å². The highest BCUT2D eigenvalue weighted by Gasteiger charge is 2.14. The lowest BCUT2D eigenvalue weighted by Gasteiger charge is -2.22. The maximum atomic E-state index is 5.69. The molecule has 0 amide bonds. The van der Waals surface area contributed by atoms with E-state index in [1.807, 2.05) is 0 Å². The van der Waals surface area contributed by atoms with Crippen LogP contribution in [0, 0.1) is 0 Å². The van der Waals surface area contributed by atoms with Gasteiger partial charge in [-0.3, -0.25) is 0 Å². The van der Waals surface area contributed by atoms with Crippen molar-refractivity contribution in [2.45, 2.75) is 25.0 Å². The van der Waals surface area contributed by atoms with Crippen LogP contribution in [0.1, 0.15) is 19.3 Å². The fraction of sp³-hybridized carbons (Fsp3) is 0.556. The summed E-state index contributed by atoms with van der Waals surface area (Å²) in [5.74, 6) is 0. The summed E-state index contributed by atoms with van der Waals surface area (Å²) in [5.41, 5.74) is 0.589. The quantitative estimate of drug-likeness (QED) is 0.620. The Morgan fingerprint density at radius 2 is 2.08 bits per heavy atom. The minimum atomic E-state index is -0.221. The van der Waals surface area contributed by atoms with Crippen LogP contribution < -0.4 is 0 Å². The molecule has 12 heavy (non-hydrogen) atoms. The Bertz CT molecular complexity index is 216.